The van der Waals surface area contributed by atoms with Crippen LogP contribution in [-0.2, 0) is 0 Å². The van der Waals surface area contributed by atoms with E-state index in [4.69, 9.17) is 5.73 Å². The maximum atomic E-state index is 11.9. The lowest BCUT2D eigenvalue weighted by molar-refractivity contribution is 0.0977. The van der Waals surface area contributed by atoms with Crippen molar-refractivity contribution < 1.29 is 4.79 Å². The Bertz CT molecular complexity index is 356. The van der Waals surface area contributed by atoms with E-state index in [1.54, 1.807) is 0 Å². The van der Waals surface area contributed by atoms with Gasteiger partial charge in [0.05, 0.1) is 0 Å². The van der Waals surface area contributed by atoms with Crippen molar-refractivity contribution in [2.75, 3.05) is 0 Å². The summed E-state index contributed by atoms with van der Waals surface area (Å²) in [6.45, 7) is 5.90. The quantitative estimate of drug-likeness (QED) is 0.768. The Kier molecular flexibility index (Phi) is 4.04. The van der Waals surface area contributed by atoms with Crippen LogP contribution in [0.15, 0.2) is 18.2 Å². The first-order valence-corrected chi connectivity index (χ1v) is 5.36. The van der Waals surface area contributed by atoms with Crippen LogP contribution >= 0.6 is 0 Å². The zero-order chi connectivity index (χ0) is 11.4. The van der Waals surface area contributed by atoms with E-state index in [2.05, 4.69) is 0 Å². The minimum atomic E-state index is 0.0964. The largest absolute Gasteiger partial charge is 0.328 e. The SMILES string of the molecule is Cc1ccc(C)c(C(=O)CCC(C)N)c1. The van der Waals surface area contributed by atoms with E-state index in [0.29, 0.717) is 6.42 Å². The van der Waals surface area contributed by atoms with Crippen molar-refractivity contribution in [3.05, 3.63) is 34.9 Å². The number of aryl methyl sites for hydroxylation is 2. The molecule has 0 aliphatic carbocycles. The molecule has 0 bridgehead atoms. The van der Waals surface area contributed by atoms with Gasteiger partial charge in [0.15, 0.2) is 5.78 Å². The maximum Gasteiger partial charge on any atom is 0.163 e. The van der Waals surface area contributed by atoms with Gasteiger partial charge in [0.2, 0.25) is 0 Å². The Hall–Kier alpha value is -1.15. The molecule has 0 saturated heterocycles. The van der Waals surface area contributed by atoms with Gasteiger partial charge >= 0.3 is 0 Å². The summed E-state index contributed by atoms with van der Waals surface area (Å²) in [5.74, 6) is 0.202. The molecule has 2 N–H and O–H groups in total. The molecule has 2 nitrogen and oxygen atoms in total. The molecule has 0 aliphatic heterocycles. The number of rotatable bonds is 4. The molecule has 0 spiro atoms. The van der Waals surface area contributed by atoms with Gasteiger partial charge in [-0.3, -0.25) is 4.79 Å². The van der Waals surface area contributed by atoms with E-state index in [1.807, 2.05) is 39.0 Å². The Morgan fingerprint density at radius 2 is 2.07 bits per heavy atom. The Balaban J connectivity index is 2.77. The highest BCUT2D eigenvalue weighted by Crippen LogP contribution is 2.14. The first-order valence-electron chi connectivity index (χ1n) is 5.36. The van der Waals surface area contributed by atoms with Crippen LogP contribution in [0, 0.1) is 13.8 Å². The summed E-state index contributed by atoms with van der Waals surface area (Å²) in [6, 6.07) is 6.07. The summed E-state index contributed by atoms with van der Waals surface area (Å²) in [4.78, 5) is 11.9. The number of carbonyl (C=O) groups is 1. The van der Waals surface area contributed by atoms with Crippen molar-refractivity contribution >= 4 is 5.78 Å². The molecule has 82 valence electrons. The third kappa shape index (κ3) is 3.48. The Morgan fingerprint density at radius 3 is 2.67 bits per heavy atom. The predicted molar refractivity (Wildman–Crippen MR) is 63.1 cm³/mol. The molecule has 0 radical (unpaired) electrons. The second-order valence-corrected chi connectivity index (χ2v) is 4.26. The summed E-state index contributed by atoms with van der Waals surface area (Å²) in [6.07, 6.45) is 1.30. The lowest BCUT2D eigenvalue weighted by Crippen LogP contribution is -2.16. The number of hydrogen-bond donors (Lipinski definition) is 1. The summed E-state index contributed by atoms with van der Waals surface area (Å²) < 4.78 is 0. The zero-order valence-electron chi connectivity index (χ0n) is 9.71. The van der Waals surface area contributed by atoms with Gasteiger partial charge in [-0.2, -0.15) is 0 Å². The molecule has 15 heavy (non-hydrogen) atoms. The smallest absolute Gasteiger partial charge is 0.163 e. The number of carbonyl (C=O) groups excluding carboxylic acids is 1. The van der Waals surface area contributed by atoms with Gasteiger partial charge in [-0.05, 0) is 38.8 Å². The Labute approximate surface area is 91.5 Å². The topological polar surface area (TPSA) is 43.1 Å². The standard InChI is InChI=1S/C13H19NO/c1-9-4-5-10(2)12(8-9)13(15)7-6-11(3)14/h4-5,8,11H,6-7,14H2,1-3H3. The van der Waals surface area contributed by atoms with Gasteiger partial charge in [-0.15, -0.1) is 0 Å². The van der Waals surface area contributed by atoms with E-state index >= 15 is 0 Å². The maximum absolute atomic E-state index is 11.9. The third-order valence-corrected chi connectivity index (χ3v) is 2.52. The lowest BCUT2D eigenvalue weighted by Gasteiger charge is -2.07. The van der Waals surface area contributed by atoms with Crippen molar-refractivity contribution in [2.45, 2.75) is 39.7 Å². The van der Waals surface area contributed by atoms with Crippen molar-refractivity contribution in [2.24, 2.45) is 5.73 Å². The normalized spacial score (nSPS) is 12.5. The minimum Gasteiger partial charge on any atom is -0.328 e. The number of Topliss-reactive ketones (excluding diaryl/α,β-unsaturated/α-hetero) is 1. The van der Waals surface area contributed by atoms with Crippen LogP contribution in [0.2, 0.25) is 0 Å². The van der Waals surface area contributed by atoms with Gasteiger partial charge < -0.3 is 5.73 Å². The summed E-state index contributed by atoms with van der Waals surface area (Å²) in [5.41, 5.74) is 8.66. The molecular weight excluding hydrogens is 186 g/mol. The molecule has 0 heterocycles. The average molecular weight is 205 g/mol. The summed E-state index contributed by atoms with van der Waals surface area (Å²) in [5, 5.41) is 0. The van der Waals surface area contributed by atoms with Crippen LogP contribution in [-0.4, -0.2) is 11.8 Å². The van der Waals surface area contributed by atoms with Gasteiger partial charge in [-0.1, -0.05) is 17.7 Å². The third-order valence-electron chi connectivity index (χ3n) is 2.52. The van der Waals surface area contributed by atoms with Crippen LogP contribution in [0.4, 0.5) is 0 Å². The molecule has 0 aromatic heterocycles. The van der Waals surface area contributed by atoms with Crippen molar-refractivity contribution in [1.82, 2.24) is 0 Å². The van der Waals surface area contributed by atoms with Crippen LogP contribution in [0.5, 0.6) is 0 Å². The van der Waals surface area contributed by atoms with Crippen LogP contribution in [0.3, 0.4) is 0 Å². The highest BCUT2D eigenvalue weighted by atomic mass is 16.1. The van der Waals surface area contributed by atoms with E-state index < -0.39 is 0 Å². The fourth-order valence-electron chi connectivity index (χ4n) is 1.53. The fourth-order valence-corrected chi connectivity index (χ4v) is 1.53. The molecule has 1 atom stereocenters. The van der Waals surface area contributed by atoms with E-state index in [0.717, 1.165) is 23.1 Å². The summed E-state index contributed by atoms with van der Waals surface area (Å²) in [7, 11) is 0. The molecule has 0 aliphatic rings. The lowest BCUT2D eigenvalue weighted by atomic mass is 9.98. The van der Waals surface area contributed by atoms with Gasteiger partial charge in [-0.25, -0.2) is 0 Å². The number of hydrogen-bond acceptors (Lipinski definition) is 2. The van der Waals surface area contributed by atoms with Crippen LogP contribution in [0.25, 0.3) is 0 Å². The molecule has 0 saturated carbocycles. The van der Waals surface area contributed by atoms with Gasteiger partial charge in [0.1, 0.15) is 0 Å². The summed E-state index contributed by atoms with van der Waals surface area (Å²) >= 11 is 0. The Morgan fingerprint density at radius 1 is 1.40 bits per heavy atom. The second kappa shape index (κ2) is 5.08. The monoisotopic (exact) mass is 205 g/mol. The molecule has 1 aromatic carbocycles. The van der Waals surface area contributed by atoms with Crippen molar-refractivity contribution in [1.29, 1.82) is 0 Å². The highest BCUT2D eigenvalue weighted by molar-refractivity contribution is 5.97. The van der Waals surface area contributed by atoms with Gasteiger partial charge in [0.25, 0.3) is 0 Å². The highest BCUT2D eigenvalue weighted by Gasteiger charge is 2.09. The first kappa shape index (κ1) is 11.9. The van der Waals surface area contributed by atoms with Gasteiger partial charge in [0, 0.05) is 18.0 Å². The van der Waals surface area contributed by atoms with E-state index in [9.17, 15) is 4.79 Å². The predicted octanol–water partition coefficient (Wildman–Crippen LogP) is 2.61. The second-order valence-electron chi connectivity index (χ2n) is 4.26. The number of benzene rings is 1. The average Bonchev–Trinajstić information content (AvgIpc) is 2.18. The molecule has 1 unspecified atom stereocenters. The van der Waals surface area contributed by atoms with Crippen LogP contribution in [0.1, 0.15) is 41.3 Å². The first-order chi connectivity index (χ1) is 7.00. The molecule has 2 heteroatoms. The molecular formula is C13H19NO. The molecule has 0 amide bonds. The van der Waals surface area contributed by atoms with Crippen molar-refractivity contribution in [3.63, 3.8) is 0 Å². The van der Waals surface area contributed by atoms with Crippen LogP contribution < -0.4 is 5.73 Å². The van der Waals surface area contributed by atoms with E-state index in [-0.39, 0.29) is 11.8 Å². The molecule has 0 fully saturated rings. The zero-order valence-corrected chi connectivity index (χ0v) is 9.71. The number of ketones is 1. The fraction of sp³-hybridized carbons (Fsp3) is 0.462. The number of nitrogens with two attached hydrogens (primary N) is 1. The minimum absolute atomic E-state index is 0.0964. The molecule has 1 rings (SSSR count). The molecule has 1 aromatic rings. The van der Waals surface area contributed by atoms with E-state index in [1.165, 1.54) is 0 Å². The van der Waals surface area contributed by atoms with Crippen molar-refractivity contribution in [3.8, 4) is 0 Å².